The fourth-order valence-corrected chi connectivity index (χ4v) is 4.27. The van der Waals surface area contributed by atoms with Crippen molar-refractivity contribution in [2.75, 3.05) is 60.1 Å². The van der Waals surface area contributed by atoms with E-state index >= 15 is 0 Å². The minimum atomic E-state index is -0.0395. The second-order valence-corrected chi connectivity index (χ2v) is 9.82. The quantitative estimate of drug-likeness (QED) is 0.628. The van der Waals surface area contributed by atoms with Crippen LogP contribution >= 0.6 is 0 Å². The SMILES string of the molecule is CC(C)CN1CCOCCOc2ccc(C(=O)NCCCN(C)C)cc2Cc2cccc(c2)C1. The summed E-state index contributed by atoms with van der Waals surface area (Å²) in [5.74, 6) is 1.38. The molecule has 0 unspecified atom stereocenters. The molecule has 2 aromatic rings. The van der Waals surface area contributed by atoms with E-state index in [0.29, 0.717) is 37.8 Å². The van der Waals surface area contributed by atoms with Gasteiger partial charge in [0.15, 0.2) is 0 Å². The van der Waals surface area contributed by atoms with Gasteiger partial charge in [-0.15, -0.1) is 0 Å². The number of ether oxygens (including phenoxy) is 2. The predicted molar refractivity (Wildman–Crippen MR) is 138 cm³/mol. The van der Waals surface area contributed by atoms with E-state index in [0.717, 1.165) is 50.3 Å². The molecule has 1 N–H and O–H groups in total. The molecule has 3 rings (SSSR count). The van der Waals surface area contributed by atoms with E-state index < -0.39 is 0 Å². The molecular formula is C28H41N3O3. The van der Waals surface area contributed by atoms with Crippen molar-refractivity contribution in [2.24, 2.45) is 5.92 Å². The summed E-state index contributed by atoms with van der Waals surface area (Å²) in [5, 5.41) is 3.04. The van der Waals surface area contributed by atoms with Crippen LogP contribution in [0.15, 0.2) is 42.5 Å². The van der Waals surface area contributed by atoms with Crippen molar-refractivity contribution in [3.8, 4) is 5.75 Å². The molecular weight excluding hydrogens is 426 g/mol. The van der Waals surface area contributed by atoms with E-state index in [9.17, 15) is 4.79 Å². The molecule has 34 heavy (non-hydrogen) atoms. The number of nitrogens with zero attached hydrogens (tertiary/aromatic N) is 2. The van der Waals surface area contributed by atoms with Crippen molar-refractivity contribution in [2.45, 2.75) is 33.2 Å². The Morgan fingerprint density at radius 2 is 1.91 bits per heavy atom. The largest absolute Gasteiger partial charge is 0.491 e. The van der Waals surface area contributed by atoms with Gasteiger partial charge < -0.3 is 19.7 Å². The third-order valence-electron chi connectivity index (χ3n) is 5.84. The molecule has 0 aromatic heterocycles. The Morgan fingerprint density at radius 1 is 1.09 bits per heavy atom. The van der Waals surface area contributed by atoms with Gasteiger partial charge in [-0.1, -0.05) is 38.1 Å². The summed E-state index contributed by atoms with van der Waals surface area (Å²) in [4.78, 5) is 17.3. The molecule has 0 radical (unpaired) electrons. The molecule has 2 bridgehead atoms. The van der Waals surface area contributed by atoms with Crippen molar-refractivity contribution in [3.05, 3.63) is 64.7 Å². The molecule has 6 nitrogen and oxygen atoms in total. The Labute approximate surface area is 205 Å². The smallest absolute Gasteiger partial charge is 0.251 e. The normalized spacial score (nSPS) is 15.5. The number of fused-ring (bicyclic) bond motifs is 3. The number of carbonyl (C=O) groups is 1. The highest BCUT2D eigenvalue weighted by atomic mass is 16.5. The lowest BCUT2D eigenvalue weighted by Crippen LogP contribution is -2.31. The summed E-state index contributed by atoms with van der Waals surface area (Å²) in [5.41, 5.74) is 4.22. The van der Waals surface area contributed by atoms with Gasteiger partial charge in [0.05, 0.1) is 13.2 Å². The Kier molecular flexibility index (Phi) is 10.4. The maximum Gasteiger partial charge on any atom is 0.251 e. The van der Waals surface area contributed by atoms with E-state index in [1.165, 1.54) is 11.1 Å². The average molecular weight is 468 g/mol. The third kappa shape index (κ3) is 8.75. The molecule has 2 aromatic carbocycles. The Hall–Kier alpha value is -2.41. The summed E-state index contributed by atoms with van der Waals surface area (Å²) in [6.45, 7) is 10.7. The third-order valence-corrected chi connectivity index (χ3v) is 5.84. The van der Waals surface area contributed by atoms with Crippen LogP contribution in [0.4, 0.5) is 0 Å². The molecule has 0 aliphatic carbocycles. The summed E-state index contributed by atoms with van der Waals surface area (Å²) in [7, 11) is 4.08. The fourth-order valence-electron chi connectivity index (χ4n) is 4.27. The molecule has 1 heterocycles. The molecule has 1 aliphatic heterocycles. The second kappa shape index (κ2) is 13.5. The minimum Gasteiger partial charge on any atom is -0.491 e. The highest BCUT2D eigenvalue weighted by Gasteiger charge is 2.14. The van der Waals surface area contributed by atoms with Gasteiger partial charge in [-0.25, -0.2) is 0 Å². The van der Waals surface area contributed by atoms with Crippen molar-refractivity contribution < 1.29 is 14.3 Å². The van der Waals surface area contributed by atoms with Crippen molar-refractivity contribution >= 4 is 5.91 Å². The predicted octanol–water partition coefficient (Wildman–Crippen LogP) is 3.83. The summed E-state index contributed by atoms with van der Waals surface area (Å²) in [6, 6.07) is 14.5. The lowest BCUT2D eigenvalue weighted by Gasteiger charge is -2.25. The highest BCUT2D eigenvalue weighted by molar-refractivity contribution is 5.94. The van der Waals surface area contributed by atoms with Gasteiger partial charge in [0.2, 0.25) is 0 Å². The van der Waals surface area contributed by atoms with Crippen LogP contribution in [0.5, 0.6) is 5.75 Å². The number of hydrogen-bond donors (Lipinski definition) is 1. The second-order valence-electron chi connectivity index (χ2n) is 9.82. The average Bonchev–Trinajstić information content (AvgIpc) is 2.78. The number of benzene rings is 2. The van der Waals surface area contributed by atoms with Crippen LogP contribution in [-0.4, -0.2) is 75.8 Å². The van der Waals surface area contributed by atoms with Crippen LogP contribution in [0.3, 0.4) is 0 Å². The molecule has 0 saturated heterocycles. The van der Waals surface area contributed by atoms with Gasteiger partial charge in [-0.05, 0) is 67.9 Å². The van der Waals surface area contributed by atoms with E-state index in [4.69, 9.17) is 9.47 Å². The van der Waals surface area contributed by atoms with E-state index in [1.54, 1.807) is 0 Å². The molecule has 0 saturated carbocycles. The zero-order valence-corrected chi connectivity index (χ0v) is 21.3. The Bertz CT molecular complexity index is 914. The minimum absolute atomic E-state index is 0.0395. The van der Waals surface area contributed by atoms with Gasteiger partial charge >= 0.3 is 0 Å². The number of nitrogens with one attached hydrogen (secondary N) is 1. The fraction of sp³-hybridized carbons (Fsp3) is 0.536. The van der Waals surface area contributed by atoms with E-state index in [1.807, 2.05) is 32.3 Å². The van der Waals surface area contributed by atoms with E-state index in [-0.39, 0.29) is 5.91 Å². The first-order chi connectivity index (χ1) is 16.4. The molecule has 186 valence electrons. The van der Waals surface area contributed by atoms with Crippen LogP contribution in [-0.2, 0) is 17.7 Å². The first kappa shape index (κ1) is 26.2. The van der Waals surface area contributed by atoms with Crippen LogP contribution in [0, 0.1) is 5.92 Å². The standard InChI is InChI=1S/C28H41N3O3/c1-22(2)20-31-13-14-33-15-16-34-27-10-9-25(28(32)29-11-6-12-30(3)4)19-26(27)18-23-7-5-8-24(17-23)21-31/h5,7-10,17,19,22H,6,11-16,18,20-21H2,1-4H3,(H,29,32). The Morgan fingerprint density at radius 3 is 2.71 bits per heavy atom. The summed E-state index contributed by atoms with van der Waals surface area (Å²) in [6.07, 6.45) is 1.64. The van der Waals surface area contributed by atoms with Gasteiger partial charge in [0.25, 0.3) is 5.91 Å². The van der Waals surface area contributed by atoms with Crippen molar-refractivity contribution in [1.82, 2.24) is 15.1 Å². The van der Waals surface area contributed by atoms with Gasteiger partial charge in [0, 0.05) is 38.2 Å². The molecule has 0 spiro atoms. The monoisotopic (exact) mass is 467 g/mol. The van der Waals surface area contributed by atoms with Gasteiger partial charge in [0.1, 0.15) is 12.4 Å². The van der Waals surface area contributed by atoms with Gasteiger partial charge in [-0.3, -0.25) is 9.69 Å². The summed E-state index contributed by atoms with van der Waals surface area (Å²) >= 11 is 0. The zero-order chi connectivity index (χ0) is 24.3. The maximum absolute atomic E-state index is 12.7. The van der Waals surface area contributed by atoms with Crippen molar-refractivity contribution in [1.29, 1.82) is 0 Å². The summed E-state index contributed by atoms with van der Waals surface area (Å²) < 4.78 is 11.9. The number of amides is 1. The van der Waals surface area contributed by atoms with Gasteiger partial charge in [-0.2, -0.15) is 0 Å². The zero-order valence-electron chi connectivity index (χ0n) is 21.3. The van der Waals surface area contributed by atoms with E-state index in [2.05, 4.69) is 53.2 Å². The van der Waals surface area contributed by atoms with Crippen LogP contribution in [0.25, 0.3) is 0 Å². The molecule has 1 amide bonds. The van der Waals surface area contributed by atoms with Crippen LogP contribution in [0.1, 0.15) is 47.3 Å². The highest BCUT2D eigenvalue weighted by Crippen LogP contribution is 2.24. The number of hydrogen-bond acceptors (Lipinski definition) is 5. The van der Waals surface area contributed by atoms with Crippen LogP contribution < -0.4 is 10.1 Å². The topological polar surface area (TPSA) is 54.0 Å². The molecule has 0 fully saturated rings. The Balaban J connectivity index is 1.78. The molecule has 1 aliphatic rings. The van der Waals surface area contributed by atoms with Crippen LogP contribution in [0.2, 0.25) is 0 Å². The lowest BCUT2D eigenvalue weighted by molar-refractivity contribution is 0.0746. The first-order valence-corrected chi connectivity index (χ1v) is 12.5. The molecule has 0 atom stereocenters. The number of carbonyl (C=O) groups excluding carboxylic acids is 1. The molecule has 6 heteroatoms. The first-order valence-electron chi connectivity index (χ1n) is 12.5. The maximum atomic E-state index is 12.7. The van der Waals surface area contributed by atoms with Crippen molar-refractivity contribution in [3.63, 3.8) is 0 Å². The number of rotatable bonds is 7. The lowest BCUT2D eigenvalue weighted by atomic mass is 9.99.